The number of benzene rings is 2. The molecule has 3 N–H and O–H groups in total. The van der Waals surface area contributed by atoms with E-state index < -0.39 is 20.9 Å². The van der Waals surface area contributed by atoms with Crippen molar-refractivity contribution in [2.75, 3.05) is 0 Å². The molecule has 31 heavy (non-hydrogen) atoms. The summed E-state index contributed by atoms with van der Waals surface area (Å²) >= 11 is 0. The Hall–Kier alpha value is -2.55. The SMILES string of the molecule is CCC(C)NCc1ccc(C(=O)NCc2ccc(C(=O)C(C)C)c(S(=O)(=O)O)c2)cc1. The molecule has 0 aliphatic heterocycles. The van der Waals surface area contributed by atoms with Crippen molar-refractivity contribution in [2.45, 2.75) is 58.1 Å². The van der Waals surface area contributed by atoms with E-state index in [-0.39, 0.29) is 23.8 Å². The fourth-order valence-electron chi connectivity index (χ4n) is 2.90. The maximum atomic E-state index is 12.4. The summed E-state index contributed by atoms with van der Waals surface area (Å²) < 4.78 is 33.0. The molecule has 2 aromatic rings. The predicted molar refractivity (Wildman–Crippen MR) is 120 cm³/mol. The monoisotopic (exact) mass is 446 g/mol. The van der Waals surface area contributed by atoms with Crippen LogP contribution in [0.25, 0.3) is 0 Å². The van der Waals surface area contributed by atoms with Crippen molar-refractivity contribution in [3.8, 4) is 0 Å². The van der Waals surface area contributed by atoms with Gasteiger partial charge in [0.2, 0.25) is 0 Å². The molecule has 0 aromatic heterocycles. The fourth-order valence-corrected chi connectivity index (χ4v) is 3.65. The highest BCUT2D eigenvalue weighted by Crippen LogP contribution is 2.21. The minimum absolute atomic E-state index is 0.0504. The van der Waals surface area contributed by atoms with Gasteiger partial charge in [0.25, 0.3) is 16.0 Å². The zero-order chi connectivity index (χ0) is 23.2. The predicted octanol–water partition coefficient (Wildman–Crippen LogP) is 3.59. The van der Waals surface area contributed by atoms with Crippen LogP contribution in [0.1, 0.15) is 66.0 Å². The van der Waals surface area contributed by atoms with Gasteiger partial charge in [0, 0.05) is 36.2 Å². The minimum Gasteiger partial charge on any atom is -0.348 e. The molecule has 0 heterocycles. The van der Waals surface area contributed by atoms with Gasteiger partial charge >= 0.3 is 0 Å². The van der Waals surface area contributed by atoms with Crippen LogP contribution in [0.3, 0.4) is 0 Å². The second kappa shape index (κ2) is 10.7. The molecule has 0 aliphatic rings. The first-order chi connectivity index (χ1) is 14.5. The minimum atomic E-state index is -4.58. The Labute approximate surface area is 184 Å². The third kappa shape index (κ3) is 6.99. The highest BCUT2D eigenvalue weighted by molar-refractivity contribution is 7.86. The van der Waals surface area contributed by atoms with Crippen LogP contribution in [0.5, 0.6) is 0 Å². The maximum Gasteiger partial charge on any atom is 0.295 e. The molecule has 7 nitrogen and oxygen atoms in total. The topological polar surface area (TPSA) is 113 Å². The molecule has 0 spiro atoms. The molecular formula is C23H30N2O5S. The first-order valence-electron chi connectivity index (χ1n) is 10.3. The van der Waals surface area contributed by atoms with E-state index in [1.54, 1.807) is 32.0 Å². The molecule has 1 amide bonds. The van der Waals surface area contributed by atoms with Crippen molar-refractivity contribution < 1.29 is 22.6 Å². The second-order valence-corrected chi connectivity index (χ2v) is 9.28. The Kier molecular flexibility index (Phi) is 8.50. The molecule has 1 atom stereocenters. The zero-order valence-electron chi connectivity index (χ0n) is 18.3. The molecule has 0 fully saturated rings. The lowest BCUT2D eigenvalue weighted by molar-refractivity contribution is 0.0931. The van der Waals surface area contributed by atoms with Crippen LogP contribution in [-0.2, 0) is 23.2 Å². The molecule has 8 heteroatoms. The first kappa shape index (κ1) is 24.7. The molecule has 0 saturated heterocycles. The van der Waals surface area contributed by atoms with Crippen molar-refractivity contribution in [1.82, 2.24) is 10.6 Å². The van der Waals surface area contributed by atoms with Crippen molar-refractivity contribution in [3.63, 3.8) is 0 Å². The summed E-state index contributed by atoms with van der Waals surface area (Å²) in [6.45, 7) is 8.29. The van der Waals surface area contributed by atoms with E-state index in [0.29, 0.717) is 17.2 Å². The summed E-state index contributed by atoms with van der Waals surface area (Å²) in [7, 11) is -4.58. The van der Waals surface area contributed by atoms with Gasteiger partial charge in [0.15, 0.2) is 5.78 Å². The average Bonchev–Trinajstić information content (AvgIpc) is 2.74. The Bertz CT molecular complexity index is 1030. The molecular weight excluding hydrogens is 416 g/mol. The van der Waals surface area contributed by atoms with Gasteiger partial charge in [-0.1, -0.05) is 39.0 Å². The van der Waals surface area contributed by atoms with Gasteiger partial charge in [0.05, 0.1) is 0 Å². The van der Waals surface area contributed by atoms with E-state index in [1.165, 1.54) is 12.1 Å². The summed E-state index contributed by atoms with van der Waals surface area (Å²) in [5.74, 6) is -1.11. The van der Waals surface area contributed by atoms with Gasteiger partial charge in [-0.05, 0) is 48.7 Å². The van der Waals surface area contributed by atoms with Crippen molar-refractivity contribution in [2.24, 2.45) is 5.92 Å². The molecule has 2 aromatic carbocycles. The van der Waals surface area contributed by atoms with Crippen molar-refractivity contribution >= 4 is 21.8 Å². The van der Waals surface area contributed by atoms with Crippen LogP contribution in [0, 0.1) is 5.92 Å². The van der Waals surface area contributed by atoms with E-state index in [4.69, 9.17) is 0 Å². The van der Waals surface area contributed by atoms with E-state index in [2.05, 4.69) is 24.5 Å². The van der Waals surface area contributed by atoms with Gasteiger partial charge < -0.3 is 10.6 Å². The molecule has 168 valence electrons. The Morgan fingerprint density at radius 1 is 0.968 bits per heavy atom. The summed E-state index contributed by atoms with van der Waals surface area (Å²) in [6, 6.07) is 11.8. The average molecular weight is 447 g/mol. The Balaban J connectivity index is 2.08. The van der Waals surface area contributed by atoms with Gasteiger partial charge in [0.1, 0.15) is 4.90 Å². The largest absolute Gasteiger partial charge is 0.348 e. The molecule has 0 saturated carbocycles. The number of ketones is 1. The van der Waals surface area contributed by atoms with Crippen molar-refractivity contribution in [1.29, 1.82) is 0 Å². The summed E-state index contributed by atoms with van der Waals surface area (Å²) in [6.07, 6.45) is 1.03. The molecule has 0 aliphatic carbocycles. The Morgan fingerprint density at radius 2 is 1.58 bits per heavy atom. The number of rotatable bonds is 10. The van der Waals surface area contributed by atoms with Crippen LogP contribution in [0.2, 0.25) is 0 Å². The highest BCUT2D eigenvalue weighted by Gasteiger charge is 2.22. The highest BCUT2D eigenvalue weighted by atomic mass is 32.2. The summed E-state index contributed by atoms with van der Waals surface area (Å²) in [5.41, 5.74) is 1.94. The number of amides is 1. The van der Waals surface area contributed by atoms with Crippen LogP contribution < -0.4 is 10.6 Å². The zero-order valence-corrected chi connectivity index (χ0v) is 19.1. The third-order valence-corrected chi connectivity index (χ3v) is 5.94. The number of hydrogen-bond donors (Lipinski definition) is 3. The van der Waals surface area contributed by atoms with Crippen LogP contribution in [-0.4, -0.2) is 30.7 Å². The molecule has 2 rings (SSSR count). The van der Waals surface area contributed by atoms with Gasteiger partial charge in [-0.2, -0.15) is 8.42 Å². The molecule has 0 bridgehead atoms. The fraction of sp³-hybridized carbons (Fsp3) is 0.391. The standard InChI is InChI=1S/C23H30N2O5S/c1-5-16(4)24-13-17-6-9-19(10-7-17)23(27)25-14-18-8-11-20(22(26)15(2)3)21(12-18)31(28,29)30/h6-12,15-16,24H,5,13-14H2,1-4H3,(H,25,27)(H,28,29,30). The second-order valence-electron chi connectivity index (χ2n) is 7.89. The van der Waals surface area contributed by atoms with E-state index in [9.17, 15) is 22.6 Å². The van der Waals surface area contributed by atoms with E-state index >= 15 is 0 Å². The van der Waals surface area contributed by atoms with Gasteiger partial charge in [-0.3, -0.25) is 14.1 Å². The summed E-state index contributed by atoms with van der Waals surface area (Å²) in [4.78, 5) is 24.2. The smallest absolute Gasteiger partial charge is 0.295 e. The van der Waals surface area contributed by atoms with Crippen molar-refractivity contribution in [3.05, 3.63) is 64.7 Å². The van der Waals surface area contributed by atoms with Crippen LogP contribution in [0.15, 0.2) is 47.4 Å². The number of carbonyl (C=O) groups excluding carboxylic acids is 2. The number of nitrogens with one attached hydrogen (secondary N) is 2. The number of hydrogen-bond acceptors (Lipinski definition) is 5. The number of Topliss-reactive ketones (excluding diaryl/α,β-unsaturated/α-hetero) is 1. The maximum absolute atomic E-state index is 12.4. The first-order valence-corrected chi connectivity index (χ1v) is 11.7. The normalized spacial score (nSPS) is 12.6. The lowest BCUT2D eigenvalue weighted by Crippen LogP contribution is -2.25. The number of carbonyl (C=O) groups is 2. The van der Waals surface area contributed by atoms with E-state index in [1.807, 2.05) is 12.1 Å². The van der Waals surface area contributed by atoms with Crippen LogP contribution in [0.4, 0.5) is 0 Å². The molecule has 0 radical (unpaired) electrons. The van der Waals surface area contributed by atoms with Gasteiger partial charge in [-0.25, -0.2) is 0 Å². The quantitative estimate of drug-likeness (QED) is 0.380. The summed E-state index contributed by atoms with van der Waals surface area (Å²) in [5, 5.41) is 6.11. The lowest BCUT2D eigenvalue weighted by Gasteiger charge is -2.12. The van der Waals surface area contributed by atoms with E-state index in [0.717, 1.165) is 18.5 Å². The molecule has 1 unspecified atom stereocenters. The van der Waals surface area contributed by atoms with Crippen LogP contribution >= 0.6 is 0 Å². The lowest BCUT2D eigenvalue weighted by atomic mass is 10.00. The third-order valence-electron chi connectivity index (χ3n) is 5.05. The van der Waals surface area contributed by atoms with Gasteiger partial charge in [-0.15, -0.1) is 0 Å². The Morgan fingerprint density at radius 3 is 2.13 bits per heavy atom.